The number of carbonyl (C=O) groups excluding carboxylic acids is 1. The zero-order chi connectivity index (χ0) is 15.4. The monoisotopic (exact) mass is 319 g/mol. The average molecular weight is 320 g/mol. The number of pyridine rings is 1. The fourth-order valence-corrected chi connectivity index (χ4v) is 2.68. The van der Waals surface area contributed by atoms with Gasteiger partial charge < -0.3 is 14.6 Å². The highest BCUT2D eigenvalue weighted by atomic mass is 35.5. The van der Waals surface area contributed by atoms with E-state index in [0.29, 0.717) is 6.54 Å². The number of hydrogen-bond donors (Lipinski definition) is 1. The van der Waals surface area contributed by atoms with E-state index in [0.717, 1.165) is 24.5 Å². The molecule has 1 saturated heterocycles. The highest BCUT2D eigenvalue weighted by Gasteiger charge is 2.12. The van der Waals surface area contributed by atoms with E-state index in [9.17, 15) is 4.79 Å². The van der Waals surface area contributed by atoms with Crippen LogP contribution in [0, 0.1) is 0 Å². The normalized spacial score (nSPS) is 14.9. The molecule has 1 aliphatic heterocycles. The van der Waals surface area contributed by atoms with E-state index in [2.05, 4.69) is 15.2 Å². The van der Waals surface area contributed by atoms with Crippen LogP contribution in [-0.2, 0) is 6.54 Å². The van der Waals surface area contributed by atoms with Crippen molar-refractivity contribution < 1.29 is 9.21 Å². The molecule has 1 fully saturated rings. The topological polar surface area (TPSA) is 58.4 Å². The second-order valence-electron chi connectivity index (χ2n) is 5.36. The number of carbonyl (C=O) groups is 1. The maximum absolute atomic E-state index is 11.9. The van der Waals surface area contributed by atoms with Crippen molar-refractivity contribution in [2.24, 2.45) is 0 Å². The molecule has 3 rings (SSSR count). The van der Waals surface area contributed by atoms with Gasteiger partial charge in [0.1, 0.15) is 5.82 Å². The lowest BCUT2D eigenvalue weighted by Crippen LogP contribution is -2.30. The van der Waals surface area contributed by atoms with Crippen LogP contribution in [0.1, 0.15) is 35.4 Å². The van der Waals surface area contributed by atoms with E-state index in [1.807, 2.05) is 12.1 Å². The van der Waals surface area contributed by atoms with Crippen molar-refractivity contribution in [3.63, 3.8) is 0 Å². The molecule has 0 atom stereocenters. The molecule has 1 aliphatic rings. The van der Waals surface area contributed by atoms with Crippen LogP contribution in [0.3, 0.4) is 0 Å². The van der Waals surface area contributed by atoms with Crippen molar-refractivity contribution in [1.29, 1.82) is 0 Å². The number of nitrogens with zero attached hydrogens (tertiary/aromatic N) is 2. The van der Waals surface area contributed by atoms with E-state index in [-0.39, 0.29) is 16.9 Å². The van der Waals surface area contributed by atoms with Crippen LogP contribution >= 0.6 is 11.6 Å². The van der Waals surface area contributed by atoms with Crippen LogP contribution in [0.15, 0.2) is 34.9 Å². The molecule has 2 aromatic rings. The minimum atomic E-state index is -0.285. The summed E-state index contributed by atoms with van der Waals surface area (Å²) in [5.74, 6) is 0.933. The number of hydrogen-bond acceptors (Lipinski definition) is 4. The van der Waals surface area contributed by atoms with Crippen LogP contribution in [0.4, 0.5) is 5.82 Å². The van der Waals surface area contributed by atoms with Crippen LogP contribution in [-0.4, -0.2) is 24.0 Å². The Morgan fingerprint density at radius 1 is 1.23 bits per heavy atom. The van der Waals surface area contributed by atoms with Crippen LogP contribution < -0.4 is 10.2 Å². The number of rotatable bonds is 4. The van der Waals surface area contributed by atoms with Gasteiger partial charge in [-0.1, -0.05) is 6.07 Å². The van der Waals surface area contributed by atoms with Crippen LogP contribution in [0.5, 0.6) is 0 Å². The van der Waals surface area contributed by atoms with Gasteiger partial charge in [0.05, 0.1) is 0 Å². The molecule has 3 heterocycles. The van der Waals surface area contributed by atoms with Crippen LogP contribution in [0.25, 0.3) is 0 Å². The van der Waals surface area contributed by atoms with Gasteiger partial charge in [-0.3, -0.25) is 4.79 Å². The summed E-state index contributed by atoms with van der Waals surface area (Å²) < 4.78 is 5.06. The lowest BCUT2D eigenvalue weighted by Gasteiger charge is -2.27. The molecule has 0 aliphatic carbocycles. The average Bonchev–Trinajstić information content (AvgIpc) is 3.00. The molecule has 0 radical (unpaired) electrons. The number of nitrogens with one attached hydrogen (secondary N) is 1. The van der Waals surface area contributed by atoms with Gasteiger partial charge in [0, 0.05) is 25.8 Å². The minimum absolute atomic E-state index is 0.206. The fraction of sp³-hybridized carbons (Fsp3) is 0.375. The Kier molecular flexibility index (Phi) is 4.63. The summed E-state index contributed by atoms with van der Waals surface area (Å²) in [4.78, 5) is 18.6. The van der Waals surface area contributed by atoms with Gasteiger partial charge in [0.2, 0.25) is 0 Å². The van der Waals surface area contributed by atoms with Crippen molar-refractivity contribution >= 4 is 23.3 Å². The summed E-state index contributed by atoms with van der Waals surface area (Å²) in [7, 11) is 0. The highest BCUT2D eigenvalue weighted by molar-refractivity contribution is 6.29. The third-order valence-electron chi connectivity index (χ3n) is 3.74. The molecule has 1 N–H and O–H groups in total. The molecule has 1 amide bonds. The summed E-state index contributed by atoms with van der Waals surface area (Å²) in [6.45, 7) is 2.55. The smallest absolute Gasteiger partial charge is 0.287 e. The second kappa shape index (κ2) is 6.83. The van der Waals surface area contributed by atoms with E-state index in [4.69, 9.17) is 16.0 Å². The third-order valence-corrected chi connectivity index (χ3v) is 3.94. The molecule has 2 aromatic heterocycles. The summed E-state index contributed by atoms with van der Waals surface area (Å²) in [5.41, 5.74) is 0.951. The van der Waals surface area contributed by atoms with Gasteiger partial charge in [-0.25, -0.2) is 4.98 Å². The van der Waals surface area contributed by atoms with E-state index in [1.165, 1.54) is 19.3 Å². The first-order chi connectivity index (χ1) is 10.7. The third kappa shape index (κ3) is 3.60. The van der Waals surface area contributed by atoms with Gasteiger partial charge >= 0.3 is 0 Å². The first-order valence-electron chi connectivity index (χ1n) is 7.46. The molecule has 0 spiro atoms. The fourth-order valence-electron chi connectivity index (χ4n) is 2.54. The van der Waals surface area contributed by atoms with Gasteiger partial charge in [-0.05, 0) is 54.6 Å². The number of anilines is 1. The molecule has 116 valence electrons. The van der Waals surface area contributed by atoms with Gasteiger partial charge in [-0.2, -0.15) is 0 Å². The zero-order valence-corrected chi connectivity index (χ0v) is 13.0. The number of amides is 1. The van der Waals surface area contributed by atoms with Crippen molar-refractivity contribution in [1.82, 2.24) is 10.3 Å². The lowest BCUT2D eigenvalue weighted by atomic mass is 10.1. The Balaban J connectivity index is 1.55. The molecule has 6 heteroatoms. The summed E-state index contributed by atoms with van der Waals surface area (Å²) in [6, 6.07) is 7.10. The summed E-state index contributed by atoms with van der Waals surface area (Å²) in [5, 5.41) is 2.99. The Morgan fingerprint density at radius 2 is 2.05 bits per heavy atom. The maximum atomic E-state index is 11.9. The summed E-state index contributed by atoms with van der Waals surface area (Å²) >= 11 is 5.65. The molecule has 0 bridgehead atoms. The Labute approximate surface area is 134 Å². The molecule has 0 unspecified atom stereocenters. The molecular weight excluding hydrogens is 302 g/mol. The molecule has 0 aromatic carbocycles. The predicted molar refractivity (Wildman–Crippen MR) is 85.2 cm³/mol. The first kappa shape index (κ1) is 14.9. The van der Waals surface area contributed by atoms with Gasteiger partial charge in [0.15, 0.2) is 11.0 Å². The number of piperidine rings is 1. The van der Waals surface area contributed by atoms with Crippen LogP contribution in [0.2, 0.25) is 5.22 Å². The zero-order valence-electron chi connectivity index (χ0n) is 12.2. The van der Waals surface area contributed by atoms with Gasteiger partial charge in [0.25, 0.3) is 5.91 Å². The first-order valence-corrected chi connectivity index (χ1v) is 7.83. The minimum Gasteiger partial charge on any atom is -0.440 e. The molecule has 0 saturated carbocycles. The maximum Gasteiger partial charge on any atom is 0.287 e. The number of halogens is 1. The number of aromatic nitrogens is 1. The largest absolute Gasteiger partial charge is 0.440 e. The van der Waals surface area contributed by atoms with Gasteiger partial charge in [-0.15, -0.1) is 0 Å². The van der Waals surface area contributed by atoms with Crippen molar-refractivity contribution in [2.45, 2.75) is 25.8 Å². The Hall–Kier alpha value is -2.01. The van der Waals surface area contributed by atoms with Crippen molar-refractivity contribution in [3.05, 3.63) is 47.0 Å². The Bertz CT molecular complexity index is 633. The predicted octanol–water partition coefficient (Wildman–Crippen LogP) is 3.25. The molecular formula is C16H18ClN3O2. The molecule has 5 nitrogen and oxygen atoms in total. The summed E-state index contributed by atoms with van der Waals surface area (Å²) in [6.07, 6.45) is 5.56. The lowest BCUT2D eigenvalue weighted by molar-refractivity contribution is 0.0923. The number of furan rings is 1. The van der Waals surface area contributed by atoms with Crippen molar-refractivity contribution in [3.8, 4) is 0 Å². The Morgan fingerprint density at radius 3 is 2.68 bits per heavy atom. The van der Waals surface area contributed by atoms with E-state index < -0.39 is 0 Å². The molecule has 22 heavy (non-hydrogen) atoms. The van der Waals surface area contributed by atoms with E-state index >= 15 is 0 Å². The highest BCUT2D eigenvalue weighted by Crippen LogP contribution is 2.17. The van der Waals surface area contributed by atoms with Crippen molar-refractivity contribution in [2.75, 3.05) is 18.0 Å². The van der Waals surface area contributed by atoms with E-state index in [1.54, 1.807) is 18.3 Å². The quantitative estimate of drug-likeness (QED) is 0.939. The second-order valence-corrected chi connectivity index (χ2v) is 5.73. The SMILES string of the molecule is O=C(NCc1ccc(N2CCCCC2)nc1)c1ccc(Cl)o1. The standard InChI is InChI=1S/C16H18ClN3O2/c17-14-6-5-13(22-14)16(21)19-11-12-4-7-15(18-10-12)20-8-2-1-3-9-20/h4-7,10H,1-3,8-9,11H2,(H,19,21).